The van der Waals surface area contributed by atoms with Crippen molar-refractivity contribution in [1.82, 2.24) is 5.32 Å². The molecule has 4 nitrogen and oxygen atoms in total. The third-order valence-electron chi connectivity index (χ3n) is 3.14. The fourth-order valence-electron chi connectivity index (χ4n) is 2.06. The van der Waals surface area contributed by atoms with E-state index in [2.05, 4.69) is 5.32 Å². The smallest absolute Gasteiger partial charge is 0.261 e. The van der Waals surface area contributed by atoms with E-state index in [-0.39, 0.29) is 24.4 Å². The summed E-state index contributed by atoms with van der Waals surface area (Å²) in [4.78, 5) is 12.6. The van der Waals surface area contributed by atoms with Crippen LogP contribution in [0.25, 0.3) is 0 Å². The van der Waals surface area contributed by atoms with E-state index in [0.29, 0.717) is 10.9 Å². The number of halogens is 1. The van der Waals surface area contributed by atoms with Gasteiger partial charge in [-0.1, -0.05) is 0 Å². The molecule has 6 heteroatoms. The molecule has 0 atom stereocenters. The number of ether oxygens (including phenoxy) is 1. The summed E-state index contributed by atoms with van der Waals surface area (Å²) < 4.78 is 5.06. The molecule has 0 unspecified atom stereocenters. The van der Waals surface area contributed by atoms with E-state index < -0.39 is 0 Å². The summed E-state index contributed by atoms with van der Waals surface area (Å²) >= 11 is 1.41. The number of carbonyl (C=O) groups is 1. The molecule has 2 rings (SSSR count). The Morgan fingerprint density at radius 3 is 2.67 bits per heavy atom. The Bertz CT molecular complexity index is 389. The zero-order valence-corrected chi connectivity index (χ0v) is 12.0. The second-order valence-corrected chi connectivity index (χ2v) is 5.35. The third-order valence-corrected chi connectivity index (χ3v) is 4.05. The molecule has 0 bridgehead atoms. The first-order valence-electron chi connectivity index (χ1n) is 5.88. The van der Waals surface area contributed by atoms with E-state index in [9.17, 15) is 4.79 Å². The predicted octanol–water partition coefficient (Wildman–Crippen LogP) is 2.18. The number of methoxy groups -OCH3 is 1. The van der Waals surface area contributed by atoms with Crippen LogP contribution in [0.15, 0.2) is 11.4 Å². The predicted molar refractivity (Wildman–Crippen MR) is 75.8 cm³/mol. The molecular weight excluding hydrogens is 272 g/mol. The highest BCUT2D eigenvalue weighted by Gasteiger charge is 2.21. The Kier molecular flexibility index (Phi) is 5.91. The second-order valence-electron chi connectivity index (χ2n) is 4.44. The molecular formula is C12H19ClN2O2S. The van der Waals surface area contributed by atoms with E-state index >= 15 is 0 Å². The number of nitrogens with two attached hydrogens (primary N) is 1. The van der Waals surface area contributed by atoms with Gasteiger partial charge in [-0.25, -0.2) is 0 Å². The first kappa shape index (κ1) is 15.3. The zero-order valence-electron chi connectivity index (χ0n) is 10.3. The molecule has 1 aliphatic carbocycles. The van der Waals surface area contributed by atoms with Gasteiger partial charge in [-0.05, 0) is 25.7 Å². The molecule has 1 saturated carbocycles. The fraction of sp³-hybridized carbons (Fsp3) is 0.583. The van der Waals surface area contributed by atoms with Crippen LogP contribution in [0.1, 0.15) is 35.4 Å². The molecule has 1 aliphatic rings. The van der Waals surface area contributed by atoms with Crippen molar-refractivity contribution in [2.45, 2.75) is 37.8 Å². The first-order valence-corrected chi connectivity index (χ1v) is 6.76. The summed E-state index contributed by atoms with van der Waals surface area (Å²) in [6, 6.07) is 2.36. The van der Waals surface area contributed by atoms with Gasteiger partial charge in [0.2, 0.25) is 0 Å². The Hall–Kier alpha value is -0.780. The maximum Gasteiger partial charge on any atom is 0.261 e. The van der Waals surface area contributed by atoms with Gasteiger partial charge >= 0.3 is 0 Å². The van der Waals surface area contributed by atoms with E-state index in [1.165, 1.54) is 11.3 Å². The summed E-state index contributed by atoms with van der Waals surface area (Å²) in [5.41, 5.74) is 5.83. The van der Waals surface area contributed by atoms with Gasteiger partial charge in [0, 0.05) is 23.5 Å². The normalized spacial score (nSPS) is 23.0. The minimum Gasteiger partial charge on any atom is -0.496 e. The highest BCUT2D eigenvalue weighted by Crippen LogP contribution is 2.22. The molecule has 1 aromatic heterocycles. The van der Waals surface area contributed by atoms with Crippen LogP contribution < -0.4 is 15.8 Å². The van der Waals surface area contributed by atoms with E-state index in [1.807, 2.05) is 5.38 Å². The van der Waals surface area contributed by atoms with Gasteiger partial charge < -0.3 is 15.8 Å². The van der Waals surface area contributed by atoms with Crippen LogP contribution in [0, 0.1) is 0 Å². The number of hydrogen-bond donors (Lipinski definition) is 2. The number of rotatable bonds is 3. The molecule has 3 N–H and O–H groups in total. The van der Waals surface area contributed by atoms with Crippen LogP contribution in [0.2, 0.25) is 0 Å². The number of nitrogens with one attached hydrogen (secondary N) is 1. The monoisotopic (exact) mass is 290 g/mol. The molecule has 0 aliphatic heterocycles. The lowest BCUT2D eigenvalue weighted by Gasteiger charge is -2.26. The van der Waals surface area contributed by atoms with Gasteiger partial charge in [-0.15, -0.1) is 23.7 Å². The van der Waals surface area contributed by atoms with Gasteiger partial charge in [-0.3, -0.25) is 4.79 Å². The van der Waals surface area contributed by atoms with Crippen molar-refractivity contribution in [2.75, 3.05) is 7.11 Å². The van der Waals surface area contributed by atoms with Crippen molar-refractivity contribution in [1.29, 1.82) is 0 Å². The minimum atomic E-state index is -0.00114. The highest BCUT2D eigenvalue weighted by molar-refractivity contribution is 7.12. The van der Waals surface area contributed by atoms with E-state index in [4.69, 9.17) is 10.5 Å². The zero-order chi connectivity index (χ0) is 12.3. The van der Waals surface area contributed by atoms with Crippen molar-refractivity contribution in [3.63, 3.8) is 0 Å². The third kappa shape index (κ3) is 3.86. The van der Waals surface area contributed by atoms with Crippen molar-refractivity contribution in [3.8, 4) is 5.75 Å². The number of amides is 1. The molecule has 102 valence electrons. The molecule has 1 amide bonds. The minimum absolute atomic E-state index is 0. The summed E-state index contributed by atoms with van der Waals surface area (Å²) in [5.74, 6) is 0.740. The quantitative estimate of drug-likeness (QED) is 0.897. The SMILES string of the molecule is COc1csc(C(=O)NC2CCC(N)CC2)c1.Cl. The number of carbonyl (C=O) groups excluding carboxylic acids is 1. The number of hydrogen-bond acceptors (Lipinski definition) is 4. The Balaban J connectivity index is 0.00000162. The van der Waals surface area contributed by atoms with Crippen molar-refractivity contribution >= 4 is 29.7 Å². The van der Waals surface area contributed by atoms with Gasteiger partial charge in [0.15, 0.2) is 0 Å². The van der Waals surface area contributed by atoms with Crippen molar-refractivity contribution in [2.24, 2.45) is 5.73 Å². The van der Waals surface area contributed by atoms with Crippen LogP contribution in [0.5, 0.6) is 5.75 Å². The van der Waals surface area contributed by atoms with E-state index in [0.717, 1.165) is 31.4 Å². The standard InChI is InChI=1S/C12H18N2O2S.ClH/c1-16-10-6-11(17-7-10)12(15)14-9-4-2-8(13)3-5-9;/h6-9H,2-5,13H2,1H3,(H,14,15);1H. The lowest BCUT2D eigenvalue weighted by Crippen LogP contribution is -2.40. The Labute approximate surface area is 117 Å². The van der Waals surface area contributed by atoms with Crippen LogP contribution in [0.4, 0.5) is 0 Å². The molecule has 1 fully saturated rings. The largest absolute Gasteiger partial charge is 0.496 e. The maximum absolute atomic E-state index is 11.9. The fourth-order valence-corrected chi connectivity index (χ4v) is 2.82. The van der Waals surface area contributed by atoms with Crippen LogP contribution >= 0.6 is 23.7 Å². The Morgan fingerprint density at radius 2 is 2.11 bits per heavy atom. The van der Waals surface area contributed by atoms with Crippen LogP contribution in [0.3, 0.4) is 0 Å². The summed E-state index contributed by atoms with van der Waals surface area (Å²) in [6.45, 7) is 0. The van der Waals surface area contributed by atoms with Crippen LogP contribution in [-0.4, -0.2) is 25.1 Å². The van der Waals surface area contributed by atoms with Crippen LogP contribution in [-0.2, 0) is 0 Å². The molecule has 0 radical (unpaired) electrons. The molecule has 0 spiro atoms. The molecule has 0 aromatic carbocycles. The van der Waals surface area contributed by atoms with Gasteiger partial charge in [0.25, 0.3) is 5.91 Å². The highest BCUT2D eigenvalue weighted by atomic mass is 35.5. The summed E-state index contributed by atoms with van der Waals surface area (Å²) in [6.07, 6.45) is 3.96. The molecule has 18 heavy (non-hydrogen) atoms. The topological polar surface area (TPSA) is 64.3 Å². The second kappa shape index (κ2) is 6.97. The average molecular weight is 291 g/mol. The summed E-state index contributed by atoms with van der Waals surface area (Å²) in [7, 11) is 1.60. The Morgan fingerprint density at radius 1 is 1.44 bits per heavy atom. The average Bonchev–Trinajstić information content (AvgIpc) is 2.81. The maximum atomic E-state index is 11.9. The van der Waals surface area contributed by atoms with Gasteiger partial charge in [0.05, 0.1) is 12.0 Å². The lowest BCUT2D eigenvalue weighted by molar-refractivity contribution is 0.0930. The van der Waals surface area contributed by atoms with E-state index in [1.54, 1.807) is 13.2 Å². The number of thiophene rings is 1. The lowest BCUT2D eigenvalue weighted by atomic mass is 9.92. The van der Waals surface area contributed by atoms with Crippen molar-refractivity contribution < 1.29 is 9.53 Å². The van der Waals surface area contributed by atoms with Gasteiger partial charge in [0.1, 0.15) is 5.75 Å². The summed E-state index contributed by atoms with van der Waals surface area (Å²) in [5, 5.41) is 4.89. The first-order chi connectivity index (χ1) is 8.19. The molecule has 0 saturated heterocycles. The van der Waals surface area contributed by atoms with Gasteiger partial charge in [-0.2, -0.15) is 0 Å². The molecule has 1 heterocycles. The van der Waals surface area contributed by atoms with Crippen molar-refractivity contribution in [3.05, 3.63) is 16.3 Å². The molecule has 1 aromatic rings.